The number of benzene rings is 1. The van der Waals surface area contributed by atoms with Crippen LogP contribution in [0, 0.1) is 0 Å². The Kier molecular flexibility index (Phi) is 5.39. The fourth-order valence-corrected chi connectivity index (χ4v) is 3.43. The van der Waals surface area contributed by atoms with Gasteiger partial charge in [0.1, 0.15) is 17.3 Å². The average molecular weight is 388 g/mol. The van der Waals surface area contributed by atoms with E-state index in [2.05, 4.69) is 20.2 Å². The van der Waals surface area contributed by atoms with Gasteiger partial charge in [0.25, 0.3) is 0 Å². The quantitative estimate of drug-likeness (QED) is 0.465. The molecule has 0 radical (unpaired) electrons. The topological polar surface area (TPSA) is 110 Å². The van der Waals surface area contributed by atoms with Crippen LogP contribution in [-0.2, 0) is 0 Å². The van der Waals surface area contributed by atoms with Crippen molar-refractivity contribution in [2.75, 3.05) is 42.5 Å². The fraction of sp³-hybridized carbons (Fsp3) is 0.227. The molecule has 0 saturated carbocycles. The number of nitrogens with zero attached hydrogens (tertiary/aromatic N) is 3. The molecular formula is C22H24N6O. The van der Waals surface area contributed by atoms with Gasteiger partial charge >= 0.3 is 0 Å². The van der Waals surface area contributed by atoms with Crippen molar-refractivity contribution < 1.29 is 4.79 Å². The highest BCUT2D eigenvalue weighted by molar-refractivity contribution is 6.11. The van der Waals surface area contributed by atoms with Gasteiger partial charge in [-0.3, -0.25) is 4.79 Å². The number of ketones is 1. The number of pyridine rings is 2. The Labute approximate surface area is 169 Å². The van der Waals surface area contributed by atoms with Crippen LogP contribution in [0.3, 0.4) is 0 Å². The first-order chi connectivity index (χ1) is 14.1. The zero-order chi connectivity index (χ0) is 20.2. The summed E-state index contributed by atoms with van der Waals surface area (Å²) in [4.78, 5) is 24.2. The van der Waals surface area contributed by atoms with Crippen LogP contribution in [0.2, 0.25) is 0 Å². The number of hydrogen-bond acceptors (Lipinski definition) is 7. The Bertz CT molecular complexity index is 1010. The molecule has 0 atom stereocenters. The highest BCUT2D eigenvalue weighted by Gasteiger charge is 2.18. The first-order valence-electron chi connectivity index (χ1n) is 9.71. The van der Waals surface area contributed by atoms with Crippen LogP contribution in [0.5, 0.6) is 0 Å². The second-order valence-electron chi connectivity index (χ2n) is 7.08. The maximum Gasteiger partial charge on any atom is 0.215 e. The van der Waals surface area contributed by atoms with Crippen LogP contribution < -0.4 is 21.7 Å². The molecule has 1 aromatic carbocycles. The maximum atomic E-state index is 13.2. The molecule has 1 aliphatic heterocycles. The van der Waals surface area contributed by atoms with E-state index in [-0.39, 0.29) is 11.6 Å². The molecular weight excluding hydrogens is 364 g/mol. The number of hydrogen-bond donors (Lipinski definition) is 3. The Balaban J connectivity index is 1.65. The maximum absolute atomic E-state index is 13.2. The van der Waals surface area contributed by atoms with E-state index < -0.39 is 0 Å². The zero-order valence-electron chi connectivity index (χ0n) is 16.1. The van der Waals surface area contributed by atoms with Gasteiger partial charge in [0.05, 0.1) is 5.56 Å². The number of aromatic nitrogens is 2. The smallest absolute Gasteiger partial charge is 0.215 e. The van der Waals surface area contributed by atoms with E-state index in [0.29, 0.717) is 16.9 Å². The summed E-state index contributed by atoms with van der Waals surface area (Å²) in [5.41, 5.74) is 14.9. The Morgan fingerprint density at radius 3 is 2.66 bits per heavy atom. The fourth-order valence-electron chi connectivity index (χ4n) is 3.43. The number of nitrogen functional groups attached to an aromatic ring is 2. The third-order valence-corrected chi connectivity index (χ3v) is 5.04. The summed E-state index contributed by atoms with van der Waals surface area (Å²) < 4.78 is 0. The molecule has 0 spiro atoms. The van der Waals surface area contributed by atoms with Crippen molar-refractivity contribution >= 4 is 23.1 Å². The van der Waals surface area contributed by atoms with Gasteiger partial charge in [-0.15, -0.1) is 0 Å². The predicted octanol–water partition coefficient (Wildman–Crippen LogP) is 2.34. The summed E-state index contributed by atoms with van der Waals surface area (Å²) in [5, 5.41) is 3.37. The zero-order valence-corrected chi connectivity index (χ0v) is 16.1. The molecule has 0 bridgehead atoms. The van der Waals surface area contributed by atoms with E-state index in [1.165, 1.54) is 0 Å². The minimum Gasteiger partial charge on any atom is -0.399 e. The normalized spacial score (nSPS) is 14.4. The predicted molar refractivity (Wildman–Crippen MR) is 116 cm³/mol. The first kappa shape index (κ1) is 18.9. The number of rotatable bonds is 4. The van der Waals surface area contributed by atoms with Crippen LogP contribution in [0.15, 0.2) is 54.7 Å². The summed E-state index contributed by atoms with van der Waals surface area (Å²) in [6.45, 7) is 3.67. The molecule has 0 unspecified atom stereocenters. The van der Waals surface area contributed by atoms with Crippen molar-refractivity contribution in [3.63, 3.8) is 0 Å². The highest BCUT2D eigenvalue weighted by atomic mass is 16.1. The van der Waals surface area contributed by atoms with Gasteiger partial charge in [0.15, 0.2) is 0 Å². The molecule has 7 nitrogen and oxygen atoms in total. The number of carbonyl (C=O) groups is 1. The molecule has 4 rings (SSSR count). The van der Waals surface area contributed by atoms with E-state index >= 15 is 0 Å². The molecule has 0 amide bonds. The molecule has 7 heteroatoms. The SMILES string of the molecule is Nc1ccc(-c2cnc(N)c(C(=O)c3cccc(N4CCCNCC4)n3)c2)cc1. The molecule has 1 fully saturated rings. The molecule has 29 heavy (non-hydrogen) atoms. The molecule has 3 heterocycles. The molecule has 2 aromatic heterocycles. The molecule has 3 aromatic rings. The van der Waals surface area contributed by atoms with E-state index in [1.807, 2.05) is 36.4 Å². The second-order valence-corrected chi connectivity index (χ2v) is 7.08. The van der Waals surface area contributed by atoms with Crippen molar-refractivity contribution in [2.45, 2.75) is 6.42 Å². The van der Waals surface area contributed by atoms with Gasteiger partial charge < -0.3 is 21.7 Å². The minimum absolute atomic E-state index is 0.195. The summed E-state index contributed by atoms with van der Waals surface area (Å²) in [5.74, 6) is 0.767. The molecule has 5 N–H and O–H groups in total. The summed E-state index contributed by atoms with van der Waals surface area (Å²) >= 11 is 0. The van der Waals surface area contributed by atoms with Crippen molar-refractivity contribution in [3.05, 3.63) is 66.0 Å². The Hall–Kier alpha value is -3.45. The van der Waals surface area contributed by atoms with Crippen molar-refractivity contribution in [3.8, 4) is 11.1 Å². The van der Waals surface area contributed by atoms with Crippen LogP contribution in [-0.4, -0.2) is 41.9 Å². The lowest BCUT2D eigenvalue weighted by Crippen LogP contribution is -2.29. The number of anilines is 3. The molecule has 0 aliphatic carbocycles. The van der Waals surface area contributed by atoms with Gasteiger partial charge in [0.2, 0.25) is 5.78 Å². The van der Waals surface area contributed by atoms with Gasteiger partial charge in [-0.2, -0.15) is 0 Å². The van der Waals surface area contributed by atoms with E-state index in [4.69, 9.17) is 11.5 Å². The van der Waals surface area contributed by atoms with E-state index in [1.54, 1.807) is 18.3 Å². The van der Waals surface area contributed by atoms with E-state index in [9.17, 15) is 4.79 Å². The van der Waals surface area contributed by atoms with Crippen LogP contribution in [0.1, 0.15) is 22.5 Å². The van der Waals surface area contributed by atoms with Crippen molar-refractivity contribution in [2.24, 2.45) is 0 Å². The Morgan fingerprint density at radius 1 is 1.00 bits per heavy atom. The van der Waals surface area contributed by atoms with Gasteiger partial charge in [0, 0.05) is 37.1 Å². The average Bonchev–Trinajstić information content (AvgIpc) is 3.04. The Morgan fingerprint density at radius 2 is 1.83 bits per heavy atom. The third kappa shape index (κ3) is 4.20. The van der Waals surface area contributed by atoms with Gasteiger partial charge in [-0.25, -0.2) is 9.97 Å². The van der Waals surface area contributed by atoms with Crippen LogP contribution in [0.4, 0.5) is 17.3 Å². The number of carbonyl (C=O) groups excluding carboxylic acids is 1. The molecule has 1 saturated heterocycles. The lowest BCUT2D eigenvalue weighted by atomic mass is 10.0. The monoisotopic (exact) mass is 388 g/mol. The van der Waals surface area contributed by atoms with Crippen molar-refractivity contribution in [1.29, 1.82) is 0 Å². The van der Waals surface area contributed by atoms with E-state index in [0.717, 1.165) is 49.5 Å². The summed E-state index contributed by atoms with van der Waals surface area (Å²) in [6.07, 6.45) is 2.70. The minimum atomic E-state index is -0.234. The van der Waals surface area contributed by atoms with Crippen molar-refractivity contribution in [1.82, 2.24) is 15.3 Å². The highest BCUT2D eigenvalue weighted by Crippen LogP contribution is 2.25. The number of nitrogens with one attached hydrogen (secondary N) is 1. The second kappa shape index (κ2) is 8.28. The molecule has 148 valence electrons. The molecule has 1 aliphatic rings. The summed E-state index contributed by atoms with van der Waals surface area (Å²) in [6, 6.07) is 14.7. The van der Waals surface area contributed by atoms with Gasteiger partial charge in [-0.1, -0.05) is 18.2 Å². The number of nitrogens with two attached hydrogens (primary N) is 2. The standard InChI is InChI=1S/C22H24N6O/c23-17-7-5-15(6-8-17)16-13-18(22(24)26-14-16)21(29)19-3-1-4-20(27-19)28-11-2-9-25-10-12-28/h1,3-8,13-14,25H,2,9-12,23H2,(H2,24,26). The lowest BCUT2D eigenvalue weighted by molar-refractivity contribution is 0.103. The third-order valence-electron chi connectivity index (χ3n) is 5.04. The van der Waals surface area contributed by atoms with Crippen LogP contribution >= 0.6 is 0 Å². The lowest BCUT2D eigenvalue weighted by Gasteiger charge is -2.21. The largest absolute Gasteiger partial charge is 0.399 e. The van der Waals surface area contributed by atoms with Crippen LogP contribution in [0.25, 0.3) is 11.1 Å². The summed E-state index contributed by atoms with van der Waals surface area (Å²) in [7, 11) is 0. The first-order valence-corrected chi connectivity index (χ1v) is 9.71. The van der Waals surface area contributed by atoms with Gasteiger partial charge in [-0.05, 0) is 48.9 Å².